The molecule has 0 unspecified atom stereocenters. The van der Waals surface area contributed by atoms with E-state index in [2.05, 4.69) is 10.1 Å². The average Bonchev–Trinajstić information content (AvgIpc) is 2.17. The number of nitrogens with one attached hydrogen (secondary N) is 1. The van der Waals surface area contributed by atoms with Crippen molar-refractivity contribution in [2.24, 2.45) is 5.92 Å². The van der Waals surface area contributed by atoms with Crippen molar-refractivity contribution in [1.29, 1.82) is 0 Å². The summed E-state index contributed by atoms with van der Waals surface area (Å²) in [5.74, 6) is -0.471. The first-order valence-corrected chi connectivity index (χ1v) is 4.93. The highest BCUT2D eigenvalue weighted by Gasteiger charge is 2.29. The van der Waals surface area contributed by atoms with Crippen LogP contribution in [0.3, 0.4) is 0 Å². The summed E-state index contributed by atoms with van der Waals surface area (Å²) in [6, 6.07) is -0.518. The third-order valence-electron chi connectivity index (χ3n) is 2.21. The smallest absolute Gasteiger partial charge is 0.328 e. The molecule has 0 radical (unpaired) electrons. The van der Waals surface area contributed by atoms with Gasteiger partial charge in [0.1, 0.15) is 6.04 Å². The summed E-state index contributed by atoms with van der Waals surface area (Å²) >= 11 is 0. The van der Waals surface area contributed by atoms with Crippen LogP contribution in [-0.4, -0.2) is 50.6 Å². The third-order valence-corrected chi connectivity index (χ3v) is 2.21. The summed E-state index contributed by atoms with van der Waals surface area (Å²) in [6.07, 6.45) is 0. The highest BCUT2D eigenvalue weighted by atomic mass is 35.5. The predicted octanol–water partition coefficient (Wildman–Crippen LogP) is 0.284. The second kappa shape index (κ2) is 8.35. The van der Waals surface area contributed by atoms with Gasteiger partial charge in [-0.15, -0.1) is 12.4 Å². The molecule has 0 saturated heterocycles. The summed E-state index contributed by atoms with van der Waals surface area (Å²) < 4.78 is 4.67. The van der Waals surface area contributed by atoms with E-state index in [1.54, 1.807) is 14.1 Å². The van der Waals surface area contributed by atoms with Crippen LogP contribution in [-0.2, 0) is 14.3 Å². The number of amides is 1. The van der Waals surface area contributed by atoms with E-state index in [0.29, 0.717) is 0 Å². The Labute approximate surface area is 103 Å². The lowest BCUT2D eigenvalue weighted by molar-refractivity contribution is -0.153. The Bertz CT molecular complexity index is 234. The van der Waals surface area contributed by atoms with Crippen molar-refractivity contribution >= 4 is 24.3 Å². The van der Waals surface area contributed by atoms with Gasteiger partial charge in [0.2, 0.25) is 5.91 Å². The van der Waals surface area contributed by atoms with Crippen molar-refractivity contribution in [3.8, 4) is 0 Å². The summed E-state index contributed by atoms with van der Waals surface area (Å²) in [5, 5.41) is 2.76. The lowest BCUT2D eigenvalue weighted by Gasteiger charge is -2.28. The minimum atomic E-state index is -0.518. The van der Waals surface area contributed by atoms with Gasteiger partial charge in [0.15, 0.2) is 0 Å². The maximum absolute atomic E-state index is 11.6. The Morgan fingerprint density at radius 2 is 1.88 bits per heavy atom. The van der Waals surface area contributed by atoms with Crippen molar-refractivity contribution in [2.45, 2.75) is 19.9 Å². The third kappa shape index (κ3) is 4.81. The molecule has 0 aromatic rings. The van der Waals surface area contributed by atoms with E-state index in [0.717, 1.165) is 0 Å². The zero-order valence-corrected chi connectivity index (χ0v) is 11.3. The van der Waals surface area contributed by atoms with Crippen molar-refractivity contribution in [3.63, 3.8) is 0 Å². The Morgan fingerprint density at radius 1 is 1.38 bits per heavy atom. The molecule has 0 aromatic heterocycles. The van der Waals surface area contributed by atoms with Gasteiger partial charge in [-0.05, 0) is 13.0 Å². The summed E-state index contributed by atoms with van der Waals surface area (Å²) in [4.78, 5) is 24.5. The molecule has 0 aliphatic carbocycles. The van der Waals surface area contributed by atoms with Crippen molar-refractivity contribution < 1.29 is 14.3 Å². The van der Waals surface area contributed by atoms with Gasteiger partial charge in [0.25, 0.3) is 0 Å². The highest BCUT2D eigenvalue weighted by molar-refractivity contribution is 5.85. The fraction of sp³-hybridized carbons (Fsp3) is 0.800. The van der Waals surface area contributed by atoms with Gasteiger partial charge in [0.05, 0.1) is 13.7 Å². The van der Waals surface area contributed by atoms with Gasteiger partial charge in [-0.2, -0.15) is 0 Å². The Hall–Kier alpha value is -0.810. The lowest BCUT2D eigenvalue weighted by Crippen LogP contribution is -2.48. The molecule has 1 N–H and O–H groups in total. The molecular formula is C10H21ClN2O3. The van der Waals surface area contributed by atoms with Crippen LogP contribution in [0.25, 0.3) is 0 Å². The number of halogens is 1. The van der Waals surface area contributed by atoms with Crippen LogP contribution in [0.1, 0.15) is 13.8 Å². The van der Waals surface area contributed by atoms with Crippen molar-refractivity contribution in [1.82, 2.24) is 10.2 Å². The van der Waals surface area contributed by atoms with E-state index >= 15 is 0 Å². The first-order valence-electron chi connectivity index (χ1n) is 4.93. The highest BCUT2D eigenvalue weighted by Crippen LogP contribution is 2.10. The molecule has 1 atom stereocenters. The van der Waals surface area contributed by atoms with Gasteiger partial charge < -0.3 is 15.0 Å². The minimum Gasteiger partial charge on any atom is -0.467 e. The van der Waals surface area contributed by atoms with E-state index in [9.17, 15) is 9.59 Å². The number of methoxy groups -OCH3 is 1. The number of rotatable bonds is 5. The van der Waals surface area contributed by atoms with Crippen molar-refractivity contribution in [3.05, 3.63) is 0 Å². The molecule has 1 amide bonds. The molecule has 16 heavy (non-hydrogen) atoms. The van der Waals surface area contributed by atoms with Crippen LogP contribution in [0.5, 0.6) is 0 Å². The van der Waals surface area contributed by atoms with Gasteiger partial charge in [-0.25, -0.2) is 4.79 Å². The van der Waals surface area contributed by atoms with E-state index in [1.165, 1.54) is 12.0 Å². The number of hydrogen-bond acceptors (Lipinski definition) is 4. The average molecular weight is 253 g/mol. The maximum atomic E-state index is 11.6. The minimum absolute atomic E-state index is 0. The monoisotopic (exact) mass is 252 g/mol. The van der Waals surface area contributed by atoms with Gasteiger partial charge in [-0.3, -0.25) is 4.79 Å². The normalized spacial score (nSPS) is 11.6. The SMILES string of the molecule is CNCC(=O)N(C)[C@H](C(=O)OC)C(C)C.Cl. The number of nitrogens with zero attached hydrogens (tertiary/aromatic N) is 1. The lowest BCUT2D eigenvalue weighted by atomic mass is 10.0. The number of esters is 1. The Morgan fingerprint density at radius 3 is 2.19 bits per heavy atom. The standard InChI is InChI=1S/C10H20N2O3.ClH/c1-7(2)9(10(14)15-5)12(4)8(13)6-11-3;/h7,9,11H,6H2,1-5H3;1H/t9-;/m0./s1. The molecule has 5 nitrogen and oxygen atoms in total. The summed E-state index contributed by atoms with van der Waals surface area (Å²) in [7, 11) is 4.63. The fourth-order valence-electron chi connectivity index (χ4n) is 1.43. The number of hydrogen-bond donors (Lipinski definition) is 1. The number of likely N-dealkylation sites (N-methyl/N-ethyl adjacent to an activating group) is 2. The van der Waals surface area contributed by atoms with Crippen LogP contribution in [0.4, 0.5) is 0 Å². The summed E-state index contributed by atoms with van der Waals surface area (Å²) in [5.41, 5.74) is 0. The van der Waals surface area contributed by atoms with Gasteiger partial charge in [-0.1, -0.05) is 13.8 Å². The van der Waals surface area contributed by atoms with Crippen LogP contribution < -0.4 is 5.32 Å². The number of ether oxygens (including phenoxy) is 1. The number of carbonyl (C=O) groups excluding carboxylic acids is 2. The molecular weight excluding hydrogens is 232 g/mol. The zero-order chi connectivity index (χ0) is 12.0. The fourth-order valence-corrected chi connectivity index (χ4v) is 1.43. The molecule has 0 saturated carbocycles. The van der Waals surface area contributed by atoms with Crippen LogP contribution in [0.15, 0.2) is 0 Å². The molecule has 0 bridgehead atoms. The second-order valence-electron chi connectivity index (χ2n) is 3.75. The first kappa shape index (κ1) is 17.6. The van der Waals surface area contributed by atoms with Gasteiger partial charge >= 0.3 is 5.97 Å². The molecule has 0 spiro atoms. The zero-order valence-electron chi connectivity index (χ0n) is 10.4. The topological polar surface area (TPSA) is 58.6 Å². The van der Waals surface area contributed by atoms with E-state index < -0.39 is 6.04 Å². The molecule has 0 rings (SSSR count). The Kier molecular flexibility index (Phi) is 9.18. The van der Waals surface area contributed by atoms with E-state index in [1.807, 2.05) is 13.8 Å². The molecule has 0 aromatic carbocycles. The van der Waals surface area contributed by atoms with Gasteiger partial charge in [0, 0.05) is 7.05 Å². The molecule has 0 fully saturated rings. The Balaban J connectivity index is 0. The molecule has 0 heterocycles. The largest absolute Gasteiger partial charge is 0.467 e. The van der Waals surface area contributed by atoms with Crippen LogP contribution in [0, 0.1) is 5.92 Å². The maximum Gasteiger partial charge on any atom is 0.328 e. The number of carbonyl (C=O) groups is 2. The molecule has 0 aliphatic rings. The second-order valence-corrected chi connectivity index (χ2v) is 3.75. The molecule has 6 heteroatoms. The molecule has 96 valence electrons. The molecule has 0 aliphatic heterocycles. The first-order chi connectivity index (χ1) is 6.95. The van der Waals surface area contributed by atoms with Crippen LogP contribution >= 0.6 is 12.4 Å². The van der Waals surface area contributed by atoms with Crippen LogP contribution in [0.2, 0.25) is 0 Å². The van der Waals surface area contributed by atoms with Crippen molar-refractivity contribution in [2.75, 3.05) is 27.7 Å². The predicted molar refractivity (Wildman–Crippen MR) is 64.6 cm³/mol. The summed E-state index contributed by atoms with van der Waals surface area (Å²) in [6.45, 7) is 3.98. The van der Waals surface area contributed by atoms with E-state index in [-0.39, 0.29) is 36.7 Å². The van der Waals surface area contributed by atoms with E-state index in [4.69, 9.17) is 0 Å². The quantitative estimate of drug-likeness (QED) is 0.715.